The number of carbonyl (C=O) groups excluding carboxylic acids is 3. The van der Waals surface area contributed by atoms with E-state index in [0.717, 1.165) is 16.9 Å². The van der Waals surface area contributed by atoms with Crippen molar-refractivity contribution < 1.29 is 23.9 Å². The van der Waals surface area contributed by atoms with Crippen LogP contribution in [0.2, 0.25) is 0 Å². The Balaban J connectivity index is 1.45. The molecule has 0 unspecified atom stereocenters. The van der Waals surface area contributed by atoms with E-state index in [9.17, 15) is 14.4 Å². The van der Waals surface area contributed by atoms with Crippen LogP contribution in [0.15, 0.2) is 48.5 Å². The van der Waals surface area contributed by atoms with Crippen LogP contribution >= 0.6 is 11.3 Å². The first-order valence-electron chi connectivity index (χ1n) is 10.0. The van der Waals surface area contributed by atoms with E-state index < -0.39 is 11.9 Å². The fourth-order valence-electron chi connectivity index (χ4n) is 2.69. The number of nitrogens with zero attached hydrogens (tertiary/aromatic N) is 2. The van der Waals surface area contributed by atoms with Crippen molar-refractivity contribution in [1.82, 2.24) is 15.5 Å². The van der Waals surface area contributed by atoms with Crippen molar-refractivity contribution in [3.8, 4) is 5.75 Å². The molecule has 0 aliphatic carbocycles. The first kappa shape index (κ1) is 23.7. The van der Waals surface area contributed by atoms with Gasteiger partial charge in [0.25, 0.3) is 5.91 Å². The fraction of sp³-hybridized carbons (Fsp3) is 0.227. The summed E-state index contributed by atoms with van der Waals surface area (Å²) in [5, 5.41) is 16.6. The molecule has 1 heterocycles. The third kappa shape index (κ3) is 7.28. The van der Waals surface area contributed by atoms with Gasteiger partial charge in [0.2, 0.25) is 5.01 Å². The lowest BCUT2D eigenvalue weighted by Crippen LogP contribution is -2.28. The minimum atomic E-state index is -0.437. The fourth-order valence-corrected chi connectivity index (χ4v) is 3.37. The number of urea groups is 1. The van der Waals surface area contributed by atoms with Gasteiger partial charge in [-0.25, -0.2) is 4.79 Å². The van der Waals surface area contributed by atoms with E-state index >= 15 is 0 Å². The van der Waals surface area contributed by atoms with Gasteiger partial charge in [-0.05, 0) is 48.9 Å². The van der Waals surface area contributed by atoms with Gasteiger partial charge in [0.1, 0.15) is 10.8 Å². The second-order valence-electron chi connectivity index (χ2n) is 6.67. The van der Waals surface area contributed by atoms with Crippen LogP contribution in [0.3, 0.4) is 0 Å². The molecule has 0 radical (unpaired) electrons. The minimum Gasteiger partial charge on any atom is -0.497 e. The first-order valence-corrected chi connectivity index (χ1v) is 10.9. The zero-order valence-electron chi connectivity index (χ0n) is 18.1. The highest BCUT2D eigenvalue weighted by atomic mass is 32.1. The normalized spacial score (nSPS) is 10.2. The molecule has 3 N–H and O–H groups in total. The molecule has 3 amide bonds. The van der Waals surface area contributed by atoms with Gasteiger partial charge in [-0.3, -0.25) is 9.59 Å². The van der Waals surface area contributed by atoms with Crippen molar-refractivity contribution in [2.45, 2.75) is 19.9 Å². The molecule has 0 aliphatic rings. The zero-order chi connectivity index (χ0) is 23.6. The summed E-state index contributed by atoms with van der Waals surface area (Å²) in [6, 6.07) is 13.3. The molecule has 0 aliphatic heterocycles. The zero-order valence-corrected chi connectivity index (χ0v) is 18.9. The van der Waals surface area contributed by atoms with Crippen LogP contribution in [0, 0.1) is 0 Å². The van der Waals surface area contributed by atoms with E-state index in [1.165, 1.54) is 0 Å². The molecule has 10 nitrogen and oxygen atoms in total. The number of amides is 3. The van der Waals surface area contributed by atoms with E-state index in [-0.39, 0.29) is 23.9 Å². The molecule has 172 valence electrons. The number of methoxy groups -OCH3 is 1. The highest BCUT2D eigenvalue weighted by Crippen LogP contribution is 2.17. The number of ether oxygens (including phenoxy) is 2. The van der Waals surface area contributed by atoms with Crippen LogP contribution in [0.5, 0.6) is 5.75 Å². The molecule has 33 heavy (non-hydrogen) atoms. The Kier molecular flexibility index (Phi) is 8.30. The largest absolute Gasteiger partial charge is 0.497 e. The Hall–Kier alpha value is -3.99. The summed E-state index contributed by atoms with van der Waals surface area (Å²) >= 11 is 1.08. The Morgan fingerprint density at radius 3 is 2.27 bits per heavy atom. The number of benzene rings is 2. The molecule has 0 atom stereocenters. The minimum absolute atomic E-state index is 0.111. The van der Waals surface area contributed by atoms with Gasteiger partial charge in [-0.2, -0.15) is 0 Å². The van der Waals surface area contributed by atoms with Gasteiger partial charge < -0.3 is 25.4 Å². The lowest BCUT2D eigenvalue weighted by molar-refractivity contribution is -0.142. The number of hydrogen-bond donors (Lipinski definition) is 3. The number of rotatable bonds is 9. The topological polar surface area (TPSA) is 132 Å². The van der Waals surface area contributed by atoms with Gasteiger partial charge in [0, 0.05) is 11.4 Å². The molecule has 0 bridgehead atoms. The quantitative estimate of drug-likeness (QED) is 0.410. The molecular formula is C22H23N5O5S. The summed E-state index contributed by atoms with van der Waals surface area (Å²) in [6.45, 7) is 2.20. The maximum atomic E-state index is 12.3. The first-order chi connectivity index (χ1) is 16.0. The molecule has 0 saturated carbocycles. The predicted molar refractivity (Wildman–Crippen MR) is 123 cm³/mol. The van der Waals surface area contributed by atoms with Gasteiger partial charge in [-0.1, -0.05) is 23.5 Å². The van der Waals surface area contributed by atoms with Crippen molar-refractivity contribution in [2.75, 3.05) is 24.4 Å². The number of aromatic nitrogens is 2. The van der Waals surface area contributed by atoms with Crippen LogP contribution in [-0.2, 0) is 22.5 Å². The van der Waals surface area contributed by atoms with E-state index in [0.29, 0.717) is 28.7 Å². The molecule has 1 aromatic heterocycles. The van der Waals surface area contributed by atoms with Crippen molar-refractivity contribution in [1.29, 1.82) is 0 Å². The van der Waals surface area contributed by atoms with Gasteiger partial charge in [0.15, 0.2) is 0 Å². The van der Waals surface area contributed by atoms with Gasteiger partial charge in [-0.15, -0.1) is 10.2 Å². The molecule has 3 aromatic rings. The van der Waals surface area contributed by atoms with E-state index in [2.05, 4.69) is 26.1 Å². The van der Waals surface area contributed by atoms with Crippen molar-refractivity contribution in [2.24, 2.45) is 0 Å². The third-order valence-corrected chi connectivity index (χ3v) is 5.20. The molecule has 11 heteroatoms. The van der Waals surface area contributed by atoms with Gasteiger partial charge >= 0.3 is 12.0 Å². The summed E-state index contributed by atoms with van der Waals surface area (Å²) in [7, 11) is 1.56. The number of anilines is 2. The smallest absolute Gasteiger partial charge is 0.319 e. The standard InChI is InChI=1S/C22H23N5O5S/c1-3-32-19(28)12-14-4-6-16(7-5-14)25-22(30)23-13-18-26-27-21(33-18)20(29)24-15-8-10-17(31-2)11-9-15/h4-11H,3,12-13H2,1-2H3,(H,24,29)(H2,23,25,30). The maximum absolute atomic E-state index is 12.3. The maximum Gasteiger partial charge on any atom is 0.319 e. The highest BCUT2D eigenvalue weighted by Gasteiger charge is 2.14. The summed E-state index contributed by atoms with van der Waals surface area (Å²) in [5.41, 5.74) is 1.95. The average molecular weight is 470 g/mol. The van der Waals surface area contributed by atoms with E-state index in [1.54, 1.807) is 62.6 Å². The second-order valence-corrected chi connectivity index (χ2v) is 7.73. The van der Waals surface area contributed by atoms with Crippen LogP contribution in [0.1, 0.15) is 27.3 Å². The molecule has 0 spiro atoms. The Labute approximate surface area is 194 Å². The molecule has 0 saturated heterocycles. The summed E-state index contributed by atoms with van der Waals surface area (Å²) in [4.78, 5) is 36.0. The van der Waals surface area contributed by atoms with E-state index in [4.69, 9.17) is 9.47 Å². The van der Waals surface area contributed by atoms with Gasteiger partial charge in [0.05, 0.1) is 26.7 Å². The van der Waals surface area contributed by atoms with Crippen LogP contribution in [0.25, 0.3) is 0 Å². The molecular weight excluding hydrogens is 446 g/mol. The van der Waals surface area contributed by atoms with Crippen LogP contribution in [-0.4, -0.2) is 41.8 Å². The summed E-state index contributed by atoms with van der Waals surface area (Å²) in [5.74, 6) is -0.00972. The highest BCUT2D eigenvalue weighted by molar-refractivity contribution is 7.13. The van der Waals surface area contributed by atoms with Crippen LogP contribution in [0.4, 0.5) is 16.2 Å². The number of carbonyl (C=O) groups is 3. The second kappa shape index (κ2) is 11.6. The Bertz CT molecular complexity index is 1100. The third-order valence-electron chi connectivity index (χ3n) is 4.27. The van der Waals surface area contributed by atoms with Crippen molar-refractivity contribution in [3.05, 3.63) is 64.1 Å². The summed E-state index contributed by atoms with van der Waals surface area (Å²) in [6.07, 6.45) is 0.172. The molecule has 3 rings (SSSR count). The molecule has 0 fully saturated rings. The lowest BCUT2D eigenvalue weighted by Gasteiger charge is -2.07. The SMILES string of the molecule is CCOC(=O)Cc1ccc(NC(=O)NCc2nnc(C(=O)Nc3ccc(OC)cc3)s2)cc1. The monoisotopic (exact) mass is 469 g/mol. The van der Waals surface area contributed by atoms with Crippen LogP contribution < -0.4 is 20.7 Å². The Morgan fingerprint density at radius 2 is 1.61 bits per heavy atom. The predicted octanol–water partition coefficient (Wildman–Crippen LogP) is 3.23. The average Bonchev–Trinajstić information content (AvgIpc) is 3.29. The summed E-state index contributed by atoms with van der Waals surface area (Å²) < 4.78 is 9.99. The lowest BCUT2D eigenvalue weighted by atomic mass is 10.1. The number of esters is 1. The number of hydrogen-bond acceptors (Lipinski definition) is 8. The Morgan fingerprint density at radius 1 is 0.939 bits per heavy atom. The van der Waals surface area contributed by atoms with Crippen molar-refractivity contribution in [3.63, 3.8) is 0 Å². The van der Waals surface area contributed by atoms with E-state index in [1.807, 2.05) is 0 Å². The van der Waals surface area contributed by atoms with Crippen molar-refractivity contribution >= 4 is 40.6 Å². The number of nitrogens with one attached hydrogen (secondary N) is 3. The molecule has 2 aromatic carbocycles.